The van der Waals surface area contributed by atoms with Gasteiger partial charge in [-0.15, -0.1) is 11.3 Å². The predicted molar refractivity (Wildman–Crippen MR) is 68.9 cm³/mol. The van der Waals surface area contributed by atoms with Crippen LogP contribution in [0.2, 0.25) is 0 Å². The average Bonchev–Trinajstić information content (AvgIpc) is 2.91. The zero-order valence-electron chi connectivity index (χ0n) is 9.71. The Morgan fingerprint density at radius 2 is 1.94 bits per heavy atom. The van der Waals surface area contributed by atoms with Crippen LogP contribution in [0.5, 0.6) is 0 Å². The van der Waals surface area contributed by atoms with Gasteiger partial charge < -0.3 is 0 Å². The largest absolute Gasteiger partial charge is 0.277 e. The number of rotatable bonds is 3. The zero-order chi connectivity index (χ0) is 12.3. The molecule has 2 aromatic rings. The molecule has 0 aliphatic rings. The molecule has 88 valence electrons. The third-order valence-electron chi connectivity index (χ3n) is 2.50. The molecule has 0 unspecified atom stereocenters. The van der Waals surface area contributed by atoms with E-state index in [2.05, 4.69) is 6.07 Å². The summed E-state index contributed by atoms with van der Waals surface area (Å²) in [4.78, 5) is 17.8. The van der Waals surface area contributed by atoms with E-state index in [0.29, 0.717) is 5.56 Å². The summed E-state index contributed by atoms with van der Waals surface area (Å²) in [7, 11) is 3.06. The summed E-state index contributed by atoms with van der Waals surface area (Å²) in [5.74, 6) is -0.148. The zero-order valence-corrected chi connectivity index (χ0v) is 10.5. The van der Waals surface area contributed by atoms with Gasteiger partial charge in [0.1, 0.15) is 0 Å². The van der Waals surface area contributed by atoms with Gasteiger partial charge in [0.05, 0.1) is 7.11 Å². The number of benzene rings is 1. The van der Waals surface area contributed by atoms with Crippen molar-refractivity contribution in [2.24, 2.45) is 0 Å². The molecule has 17 heavy (non-hydrogen) atoms. The maximum Gasteiger partial charge on any atom is 0.277 e. The Hall–Kier alpha value is -1.65. The SMILES string of the molecule is CON(C)C(=O)c1ccc(-c2cccs2)cc1. The van der Waals surface area contributed by atoms with Crippen molar-refractivity contribution < 1.29 is 9.63 Å². The van der Waals surface area contributed by atoms with Gasteiger partial charge in [-0.2, -0.15) is 0 Å². The van der Waals surface area contributed by atoms with E-state index in [9.17, 15) is 4.79 Å². The van der Waals surface area contributed by atoms with Crippen LogP contribution in [0, 0.1) is 0 Å². The summed E-state index contributed by atoms with van der Waals surface area (Å²) in [5, 5.41) is 3.24. The highest BCUT2D eigenvalue weighted by molar-refractivity contribution is 7.13. The average molecular weight is 247 g/mol. The lowest BCUT2D eigenvalue weighted by Crippen LogP contribution is -2.25. The highest BCUT2D eigenvalue weighted by Gasteiger charge is 2.10. The minimum Gasteiger partial charge on any atom is -0.274 e. The summed E-state index contributed by atoms with van der Waals surface area (Å²) in [5.41, 5.74) is 1.74. The molecule has 0 radical (unpaired) electrons. The maximum atomic E-state index is 11.8. The molecule has 1 aromatic heterocycles. The molecule has 0 N–H and O–H groups in total. The normalized spacial score (nSPS) is 10.2. The monoisotopic (exact) mass is 247 g/mol. The van der Waals surface area contributed by atoms with Crippen LogP contribution in [0.1, 0.15) is 10.4 Å². The van der Waals surface area contributed by atoms with E-state index in [0.717, 1.165) is 5.56 Å². The molecular formula is C13H13NO2S. The van der Waals surface area contributed by atoms with E-state index in [1.165, 1.54) is 17.1 Å². The first-order valence-corrected chi connectivity index (χ1v) is 6.06. The fourth-order valence-corrected chi connectivity index (χ4v) is 2.22. The van der Waals surface area contributed by atoms with Crippen LogP contribution in [0.25, 0.3) is 10.4 Å². The van der Waals surface area contributed by atoms with Crippen molar-refractivity contribution in [1.29, 1.82) is 0 Å². The first kappa shape index (κ1) is 11.8. The van der Waals surface area contributed by atoms with Crippen molar-refractivity contribution >= 4 is 17.2 Å². The molecule has 2 rings (SSSR count). The van der Waals surface area contributed by atoms with Gasteiger partial charge >= 0.3 is 0 Å². The van der Waals surface area contributed by atoms with E-state index in [1.54, 1.807) is 18.4 Å². The molecule has 0 saturated heterocycles. The van der Waals surface area contributed by atoms with Crippen LogP contribution in [0.3, 0.4) is 0 Å². The fraction of sp³-hybridized carbons (Fsp3) is 0.154. The molecule has 0 spiro atoms. The van der Waals surface area contributed by atoms with Crippen molar-refractivity contribution in [1.82, 2.24) is 5.06 Å². The quantitative estimate of drug-likeness (QED) is 0.780. The van der Waals surface area contributed by atoms with Crippen LogP contribution in [0.15, 0.2) is 41.8 Å². The number of hydroxylamine groups is 2. The smallest absolute Gasteiger partial charge is 0.274 e. The second kappa shape index (κ2) is 5.12. The van der Waals surface area contributed by atoms with E-state index in [4.69, 9.17) is 4.84 Å². The van der Waals surface area contributed by atoms with Crippen molar-refractivity contribution in [2.75, 3.05) is 14.2 Å². The molecule has 0 bridgehead atoms. The van der Waals surface area contributed by atoms with E-state index in [-0.39, 0.29) is 5.91 Å². The van der Waals surface area contributed by atoms with Crippen molar-refractivity contribution in [2.45, 2.75) is 0 Å². The van der Waals surface area contributed by atoms with Crippen LogP contribution in [-0.4, -0.2) is 25.1 Å². The van der Waals surface area contributed by atoms with Gasteiger partial charge in [0.25, 0.3) is 5.91 Å². The Morgan fingerprint density at radius 1 is 1.24 bits per heavy atom. The van der Waals surface area contributed by atoms with Gasteiger partial charge in [0.2, 0.25) is 0 Å². The predicted octanol–water partition coefficient (Wildman–Crippen LogP) is 3.05. The third kappa shape index (κ3) is 2.54. The Morgan fingerprint density at radius 3 is 2.47 bits per heavy atom. The first-order valence-electron chi connectivity index (χ1n) is 5.18. The molecule has 0 aliphatic heterocycles. The number of thiophene rings is 1. The van der Waals surface area contributed by atoms with Gasteiger partial charge in [-0.25, -0.2) is 5.06 Å². The third-order valence-corrected chi connectivity index (χ3v) is 3.42. The number of nitrogens with zero attached hydrogens (tertiary/aromatic N) is 1. The van der Waals surface area contributed by atoms with Crippen molar-refractivity contribution in [3.05, 3.63) is 47.3 Å². The van der Waals surface area contributed by atoms with Gasteiger partial charge in [-0.1, -0.05) is 18.2 Å². The summed E-state index contributed by atoms with van der Waals surface area (Å²) < 4.78 is 0. The molecule has 4 heteroatoms. The summed E-state index contributed by atoms with van der Waals surface area (Å²) in [6, 6.07) is 11.6. The molecule has 0 saturated carbocycles. The lowest BCUT2D eigenvalue weighted by molar-refractivity contribution is -0.0756. The summed E-state index contributed by atoms with van der Waals surface area (Å²) in [6.07, 6.45) is 0. The van der Waals surface area contributed by atoms with Crippen LogP contribution < -0.4 is 0 Å². The van der Waals surface area contributed by atoms with Crippen LogP contribution >= 0.6 is 11.3 Å². The summed E-state index contributed by atoms with van der Waals surface area (Å²) in [6.45, 7) is 0. The lowest BCUT2D eigenvalue weighted by Gasteiger charge is -2.13. The molecular weight excluding hydrogens is 234 g/mol. The molecule has 1 amide bonds. The lowest BCUT2D eigenvalue weighted by atomic mass is 10.1. The highest BCUT2D eigenvalue weighted by atomic mass is 32.1. The molecule has 1 heterocycles. The van der Waals surface area contributed by atoms with Gasteiger partial charge in [0.15, 0.2) is 0 Å². The van der Waals surface area contributed by atoms with E-state index in [1.807, 2.05) is 35.7 Å². The first-order chi connectivity index (χ1) is 8.22. The van der Waals surface area contributed by atoms with Crippen LogP contribution in [0.4, 0.5) is 0 Å². The fourth-order valence-electron chi connectivity index (χ4n) is 1.48. The Balaban J connectivity index is 2.22. The van der Waals surface area contributed by atoms with Crippen LogP contribution in [-0.2, 0) is 4.84 Å². The maximum absolute atomic E-state index is 11.8. The Bertz CT molecular complexity index is 491. The molecule has 0 atom stereocenters. The second-order valence-electron chi connectivity index (χ2n) is 3.54. The van der Waals surface area contributed by atoms with Crippen molar-refractivity contribution in [3.63, 3.8) is 0 Å². The molecule has 1 aromatic carbocycles. The van der Waals surface area contributed by atoms with Gasteiger partial charge in [-0.05, 0) is 29.1 Å². The minimum absolute atomic E-state index is 0.148. The Labute approximate surface area is 104 Å². The number of carbonyl (C=O) groups is 1. The number of hydrogen-bond donors (Lipinski definition) is 0. The standard InChI is InChI=1S/C13H13NO2S/c1-14(16-2)13(15)11-7-5-10(6-8-11)12-4-3-9-17-12/h3-9H,1-2H3. The van der Waals surface area contributed by atoms with Crippen molar-refractivity contribution in [3.8, 4) is 10.4 Å². The second-order valence-corrected chi connectivity index (χ2v) is 4.49. The molecule has 0 aliphatic carbocycles. The minimum atomic E-state index is -0.148. The molecule has 3 nitrogen and oxygen atoms in total. The van der Waals surface area contributed by atoms with Gasteiger partial charge in [-0.3, -0.25) is 9.63 Å². The number of carbonyl (C=O) groups excluding carboxylic acids is 1. The van der Waals surface area contributed by atoms with Gasteiger partial charge in [0, 0.05) is 17.5 Å². The number of amides is 1. The summed E-state index contributed by atoms with van der Waals surface area (Å²) >= 11 is 1.68. The topological polar surface area (TPSA) is 29.5 Å². The molecule has 0 fully saturated rings. The number of hydrogen-bond acceptors (Lipinski definition) is 3. The van der Waals surface area contributed by atoms with E-state index < -0.39 is 0 Å². The highest BCUT2D eigenvalue weighted by Crippen LogP contribution is 2.24. The van der Waals surface area contributed by atoms with E-state index >= 15 is 0 Å². The Kier molecular flexibility index (Phi) is 3.56.